The Labute approximate surface area is 143 Å². The number of halogens is 1. The minimum Gasteiger partial charge on any atom is -0.376 e. The molecule has 1 aromatic heterocycles. The molecule has 1 atom stereocenters. The molecule has 2 heterocycles. The second kappa shape index (κ2) is 9.93. The van der Waals surface area contributed by atoms with E-state index in [0.29, 0.717) is 6.10 Å². The fourth-order valence-corrected chi connectivity index (χ4v) is 2.27. The van der Waals surface area contributed by atoms with Crippen molar-refractivity contribution < 1.29 is 4.74 Å². The van der Waals surface area contributed by atoms with Crippen LogP contribution >= 0.6 is 24.0 Å². The number of aryl methyl sites for hydroxylation is 1. The van der Waals surface area contributed by atoms with Crippen molar-refractivity contribution in [1.82, 2.24) is 25.4 Å². The highest BCUT2D eigenvalue weighted by Gasteiger charge is 2.15. The summed E-state index contributed by atoms with van der Waals surface area (Å²) >= 11 is 0. The summed E-state index contributed by atoms with van der Waals surface area (Å²) in [6, 6.07) is 0. The van der Waals surface area contributed by atoms with Crippen molar-refractivity contribution in [2.45, 2.75) is 38.8 Å². The van der Waals surface area contributed by atoms with Gasteiger partial charge in [-0.25, -0.2) is 0 Å². The van der Waals surface area contributed by atoms with Crippen LogP contribution in [-0.2, 0) is 17.7 Å². The third-order valence-corrected chi connectivity index (χ3v) is 3.40. The SMILES string of the molecule is CCc1nncn1CCNC(=NC)NCC1CCCO1.I. The average Bonchev–Trinajstić information content (AvgIpc) is 3.13. The van der Waals surface area contributed by atoms with Gasteiger partial charge in [-0.2, -0.15) is 0 Å². The molecule has 2 N–H and O–H groups in total. The zero-order valence-electron chi connectivity index (χ0n) is 12.7. The van der Waals surface area contributed by atoms with Crippen LogP contribution in [0.15, 0.2) is 11.3 Å². The standard InChI is InChI=1S/C13H24N6O.HI/c1-3-12-18-17-10-19(12)7-6-15-13(14-2)16-9-11-5-4-8-20-11;/h10-11H,3-9H2,1-2H3,(H2,14,15,16);1H. The first-order valence-electron chi connectivity index (χ1n) is 7.26. The molecule has 0 amide bonds. The molecule has 1 aromatic rings. The first-order chi connectivity index (χ1) is 9.83. The number of hydrogen-bond donors (Lipinski definition) is 2. The normalized spacial score (nSPS) is 18.4. The van der Waals surface area contributed by atoms with Crippen LogP contribution in [0.3, 0.4) is 0 Å². The molecule has 1 aliphatic heterocycles. The summed E-state index contributed by atoms with van der Waals surface area (Å²) in [7, 11) is 1.78. The molecule has 0 aliphatic carbocycles. The molecule has 7 nitrogen and oxygen atoms in total. The third-order valence-electron chi connectivity index (χ3n) is 3.40. The third kappa shape index (κ3) is 5.77. The number of nitrogens with zero attached hydrogens (tertiary/aromatic N) is 4. The largest absolute Gasteiger partial charge is 0.376 e. The minimum atomic E-state index is 0. The zero-order chi connectivity index (χ0) is 14.2. The highest BCUT2D eigenvalue weighted by Crippen LogP contribution is 2.10. The average molecular weight is 408 g/mol. The monoisotopic (exact) mass is 408 g/mol. The number of nitrogens with one attached hydrogen (secondary N) is 2. The van der Waals surface area contributed by atoms with Crippen LogP contribution < -0.4 is 10.6 Å². The van der Waals surface area contributed by atoms with E-state index in [0.717, 1.165) is 57.3 Å². The van der Waals surface area contributed by atoms with E-state index in [4.69, 9.17) is 4.74 Å². The lowest BCUT2D eigenvalue weighted by Gasteiger charge is -2.15. The van der Waals surface area contributed by atoms with Crippen molar-refractivity contribution in [2.24, 2.45) is 4.99 Å². The topological polar surface area (TPSA) is 76.4 Å². The Morgan fingerprint density at radius 1 is 1.52 bits per heavy atom. The molecule has 1 saturated heterocycles. The Bertz CT molecular complexity index is 430. The Hall–Kier alpha value is -0.900. The molecule has 0 saturated carbocycles. The molecule has 120 valence electrons. The van der Waals surface area contributed by atoms with Crippen LogP contribution in [0.25, 0.3) is 0 Å². The van der Waals surface area contributed by atoms with Crippen LogP contribution in [0.2, 0.25) is 0 Å². The Morgan fingerprint density at radius 3 is 3.05 bits per heavy atom. The second-order valence-corrected chi connectivity index (χ2v) is 4.81. The summed E-state index contributed by atoms with van der Waals surface area (Å²) in [5.41, 5.74) is 0. The van der Waals surface area contributed by atoms with Crippen LogP contribution in [0.4, 0.5) is 0 Å². The van der Waals surface area contributed by atoms with E-state index in [1.165, 1.54) is 0 Å². The van der Waals surface area contributed by atoms with Gasteiger partial charge >= 0.3 is 0 Å². The maximum atomic E-state index is 5.58. The summed E-state index contributed by atoms with van der Waals surface area (Å²) in [6.07, 6.45) is 5.27. The van der Waals surface area contributed by atoms with Crippen LogP contribution in [0.5, 0.6) is 0 Å². The molecule has 0 spiro atoms. The lowest BCUT2D eigenvalue weighted by atomic mass is 10.2. The summed E-state index contributed by atoms with van der Waals surface area (Å²) in [5.74, 6) is 1.82. The van der Waals surface area contributed by atoms with Crippen LogP contribution in [-0.4, -0.2) is 53.6 Å². The molecule has 2 rings (SSSR count). The Balaban J connectivity index is 0.00000220. The highest BCUT2D eigenvalue weighted by molar-refractivity contribution is 14.0. The van der Waals surface area contributed by atoms with Crippen molar-refractivity contribution >= 4 is 29.9 Å². The van der Waals surface area contributed by atoms with E-state index >= 15 is 0 Å². The van der Waals surface area contributed by atoms with E-state index in [1.807, 2.05) is 0 Å². The Morgan fingerprint density at radius 2 is 2.38 bits per heavy atom. The molecular formula is C13H25IN6O. The quantitative estimate of drug-likeness (QED) is 0.414. The molecule has 0 aromatic carbocycles. The number of ether oxygens (including phenoxy) is 1. The van der Waals surface area contributed by atoms with Gasteiger partial charge in [0, 0.05) is 39.7 Å². The summed E-state index contributed by atoms with van der Waals surface area (Å²) < 4.78 is 7.63. The Kier molecular flexibility index (Phi) is 8.58. The summed E-state index contributed by atoms with van der Waals surface area (Å²) in [6.45, 7) is 5.39. The molecule has 1 aliphatic rings. The van der Waals surface area contributed by atoms with Gasteiger partial charge < -0.3 is 19.9 Å². The van der Waals surface area contributed by atoms with Gasteiger partial charge in [-0.3, -0.25) is 4.99 Å². The van der Waals surface area contributed by atoms with Gasteiger partial charge in [0.2, 0.25) is 0 Å². The van der Waals surface area contributed by atoms with Gasteiger partial charge in [0.25, 0.3) is 0 Å². The minimum absolute atomic E-state index is 0. The fraction of sp³-hybridized carbons (Fsp3) is 0.769. The first kappa shape index (κ1) is 18.1. The van der Waals surface area contributed by atoms with Crippen molar-refractivity contribution in [3.63, 3.8) is 0 Å². The van der Waals surface area contributed by atoms with E-state index in [2.05, 4.69) is 37.3 Å². The van der Waals surface area contributed by atoms with Gasteiger partial charge in [-0.1, -0.05) is 6.92 Å². The first-order valence-corrected chi connectivity index (χ1v) is 7.26. The van der Waals surface area contributed by atoms with E-state index in [-0.39, 0.29) is 24.0 Å². The number of aromatic nitrogens is 3. The smallest absolute Gasteiger partial charge is 0.191 e. The molecule has 1 unspecified atom stereocenters. The van der Waals surface area contributed by atoms with Crippen molar-refractivity contribution in [3.05, 3.63) is 12.2 Å². The van der Waals surface area contributed by atoms with Gasteiger partial charge in [0.05, 0.1) is 6.10 Å². The number of rotatable bonds is 6. The molecule has 8 heteroatoms. The highest BCUT2D eigenvalue weighted by atomic mass is 127. The van der Waals surface area contributed by atoms with Crippen molar-refractivity contribution in [3.8, 4) is 0 Å². The van der Waals surface area contributed by atoms with E-state index < -0.39 is 0 Å². The fourth-order valence-electron chi connectivity index (χ4n) is 2.27. The zero-order valence-corrected chi connectivity index (χ0v) is 15.0. The van der Waals surface area contributed by atoms with Crippen LogP contribution in [0.1, 0.15) is 25.6 Å². The van der Waals surface area contributed by atoms with Crippen molar-refractivity contribution in [2.75, 3.05) is 26.7 Å². The van der Waals surface area contributed by atoms with Crippen LogP contribution in [0, 0.1) is 0 Å². The molecule has 21 heavy (non-hydrogen) atoms. The molecule has 0 radical (unpaired) electrons. The molecule has 0 bridgehead atoms. The maximum absolute atomic E-state index is 5.58. The maximum Gasteiger partial charge on any atom is 0.191 e. The van der Waals surface area contributed by atoms with Gasteiger partial charge in [-0.15, -0.1) is 34.2 Å². The predicted molar refractivity (Wildman–Crippen MR) is 93.2 cm³/mol. The van der Waals surface area contributed by atoms with Gasteiger partial charge in [0.1, 0.15) is 12.2 Å². The lowest BCUT2D eigenvalue weighted by Crippen LogP contribution is -2.42. The number of hydrogen-bond acceptors (Lipinski definition) is 4. The molecular weight excluding hydrogens is 383 g/mol. The summed E-state index contributed by atoms with van der Waals surface area (Å²) in [5, 5.41) is 14.6. The second-order valence-electron chi connectivity index (χ2n) is 4.81. The number of guanidine groups is 1. The summed E-state index contributed by atoms with van der Waals surface area (Å²) in [4.78, 5) is 4.21. The van der Waals surface area contributed by atoms with Gasteiger partial charge in [-0.05, 0) is 12.8 Å². The lowest BCUT2D eigenvalue weighted by molar-refractivity contribution is 0.114. The number of aliphatic imine (C=N–C) groups is 1. The predicted octanol–water partition coefficient (Wildman–Crippen LogP) is 0.802. The molecule has 1 fully saturated rings. The van der Waals surface area contributed by atoms with E-state index in [1.54, 1.807) is 13.4 Å². The van der Waals surface area contributed by atoms with Crippen molar-refractivity contribution in [1.29, 1.82) is 0 Å². The van der Waals surface area contributed by atoms with E-state index in [9.17, 15) is 0 Å². The van der Waals surface area contributed by atoms with Gasteiger partial charge in [0.15, 0.2) is 5.96 Å².